The first-order valence-electron chi connectivity index (χ1n) is 11.0. The van der Waals surface area contributed by atoms with Crippen molar-refractivity contribution in [3.05, 3.63) is 60.7 Å². The Balaban J connectivity index is 1.48. The topological polar surface area (TPSA) is 75.3 Å². The first kappa shape index (κ1) is 21.0. The summed E-state index contributed by atoms with van der Waals surface area (Å²) in [7, 11) is -3.80. The molecule has 32 heavy (non-hydrogen) atoms. The van der Waals surface area contributed by atoms with Gasteiger partial charge < -0.3 is 9.64 Å². The quantitative estimate of drug-likeness (QED) is 0.474. The fourth-order valence-corrected chi connectivity index (χ4v) is 6.06. The molecular weight excluding hydrogens is 422 g/mol. The molecule has 1 aromatic heterocycles. The third-order valence-electron chi connectivity index (χ3n) is 6.31. The fraction of sp³-hybridized carbons (Fsp3) is 0.320. The highest BCUT2D eigenvalue weighted by atomic mass is 32.2. The van der Waals surface area contributed by atoms with Crippen molar-refractivity contribution in [3.63, 3.8) is 0 Å². The van der Waals surface area contributed by atoms with Gasteiger partial charge in [0.1, 0.15) is 11.9 Å². The molecule has 1 fully saturated rings. The molecule has 0 aliphatic carbocycles. The summed E-state index contributed by atoms with van der Waals surface area (Å²) in [4.78, 5) is 2.72. The molecule has 0 bridgehead atoms. The second-order valence-corrected chi connectivity index (χ2v) is 10.5. The van der Waals surface area contributed by atoms with E-state index in [1.807, 2.05) is 42.5 Å². The van der Waals surface area contributed by atoms with Crippen molar-refractivity contribution in [1.29, 1.82) is 0 Å². The van der Waals surface area contributed by atoms with Crippen molar-refractivity contribution in [3.8, 4) is 5.75 Å². The van der Waals surface area contributed by atoms with Crippen LogP contribution in [0.2, 0.25) is 0 Å². The standard InChI is InChI=1S/C25H27N3O3S/c1-17(2)28-14-12-19(13-15-28)31-20-10-11-23-22(16-20)25(27-26-23)32(29,30)24-9-5-7-18-6-3-4-8-21(18)24/h3-11,16-17,19H,12-15H2,1-2H3,(H,26,27). The van der Waals surface area contributed by atoms with Gasteiger partial charge in [-0.25, -0.2) is 8.42 Å². The predicted molar refractivity (Wildman–Crippen MR) is 126 cm³/mol. The molecule has 5 rings (SSSR count). The number of fused-ring (bicyclic) bond motifs is 2. The molecule has 6 nitrogen and oxygen atoms in total. The molecule has 1 aliphatic rings. The van der Waals surface area contributed by atoms with Gasteiger partial charge >= 0.3 is 0 Å². The van der Waals surface area contributed by atoms with E-state index in [1.54, 1.807) is 18.2 Å². The van der Waals surface area contributed by atoms with Crippen molar-refractivity contribution in [2.24, 2.45) is 0 Å². The molecule has 2 heterocycles. The van der Waals surface area contributed by atoms with Crippen LogP contribution in [0.3, 0.4) is 0 Å². The normalized spacial score (nSPS) is 16.2. The zero-order valence-electron chi connectivity index (χ0n) is 18.3. The SMILES string of the molecule is CC(C)N1CCC(Oc2ccc3n[nH]c(S(=O)(=O)c4cccc5ccccc45)c3c2)CC1. The number of hydrogen-bond donors (Lipinski definition) is 1. The van der Waals surface area contributed by atoms with Gasteiger partial charge in [-0.1, -0.05) is 36.4 Å². The van der Waals surface area contributed by atoms with Crippen molar-refractivity contribution < 1.29 is 13.2 Å². The number of aromatic amines is 1. The van der Waals surface area contributed by atoms with E-state index < -0.39 is 9.84 Å². The smallest absolute Gasteiger partial charge is 0.224 e. The summed E-state index contributed by atoms with van der Waals surface area (Å²) in [5.74, 6) is 0.677. The molecule has 0 amide bonds. The van der Waals surface area contributed by atoms with Gasteiger partial charge in [0, 0.05) is 29.9 Å². The van der Waals surface area contributed by atoms with Crippen LogP contribution in [0.4, 0.5) is 0 Å². The Hall–Kier alpha value is -2.90. The zero-order valence-corrected chi connectivity index (χ0v) is 19.1. The number of sulfone groups is 1. The Morgan fingerprint density at radius 1 is 1.00 bits per heavy atom. The van der Waals surface area contributed by atoms with Crippen LogP contribution in [0.25, 0.3) is 21.7 Å². The van der Waals surface area contributed by atoms with E-state index >= 15 is 0 Å². The average molecular weight is 450 g/mol. The van der Waals surface area contributed by atoms with Gasteiger partial charge in [0.2, 0.25) is 9.84 Å². The van der Waals surface area contributed by atoms with E-state index in [9.17, 15) is 8.42 Å². The Morgan fingerprint density at radius 2 is 1.75 bits per heavy atom. The van der Waals surface area contributed by atoms with Crippen molar-refractivity contribution in [1.82, 2.24) is 15.1 Å². The lowest BCUT2D eigenvalue weighted by atomic mass is 10.1. The minimum Gasteiger partial charge on any atom is -0.490 e. The van der Waals surface area contributed by atoms with Gasteiger partial charge in [0.15, 0.2) is 5.03 Å². The Morgan fingerprint density at radius 3 is 2.53 bits per heavy atom. The number of piperidine rings is 1. The van der Waals surface area contributed by atoms with Gasteiger partial charge in [-0.05, 0) is 56.3 Å². The third kappa shape index (κ3) is 3.76. The van der Waals surface area contributed by atoms with Crippen LogP contribution in [-0.4, -0.2) is 48.8 Å². The molecule has 0 saturated carbocycles. The fourth-order valence-electron chi connectivity index (χ4n) is 4.49. The van der Waals surface area contributed by atoms with Crippen LogP contribution in [0.5, 0.6) is 5.75 Å². The van der Waals surface area contributed by atoms with Crippen molar-refractivity contribution in [2.75, 3.05) is 13.1 Å². The number of nitrogens with one attached hydrogen (secondary N) is 1. The van der Waals surface area contributed by atoms with E-state index in [0.717, 1.165) is 31.3 Å². The molecular formula is C25H27N3O3S. The summed E-state index contributed by atoms with van der Waals surface area (Å²) >= 11 is 0. The second-order valence-electron chi connectivity index (χ2n) is 8.66. The van der Waals surface area contributed by atoms with Crippen molar-refractivity contribution in [2.45, 2.75) is 48.8 Å². The number of rotatable bonds is 5. The molecule has 1 N–H and O–H groups in total. The molecule has 0 radical (unpaired) electrons. The number of benzene rings is 3. The summed E-state index contributed by atoms with van der Waals surface area (Å²) in [5, 5.41) is 9.24. The maximum atomic E-state index is 13.6. The second kappa shape index (κ2) is 8.22. The minimum absolute atomic E-state index is 0.101. The molecule has 7 heteroatoms. The number of H-pyrrole nitrogens is 1. The van der Waals surface area contributed by atoms with Gasteiger partial charge in [-0.15, -0.1) is 0 Å². The average Bonchev–Trinajstić information content (AvgIpc) is 3.23. The van der Waals surface area contributed by atoms with Crippen LogP contribution in [0.15, 0.2) is 70.6 Å². The van der Waals surface area contributed by atoms with Crippen LogP contribution in [-0.2, 0) is 9.84 Å². The minimum atomic E-state index is -3.80. The lowest BCUT2D eigenvalue weighted by Gasteiger charge is -2.34. The molecule has 0 unspecified atom stereocenters. The molecule has 1 saturated heterocycles. The monoisotopic (exact) mass is 449 g/mol. The number of hydrogen-bond acceptors (Lipinski definition) is 5. The van der Waals surface area contributed by atoms with Crippen LogP contribution in [0.1, 0.15) is 26.7 Å². The summed E-state index contributed by atoms with van der Waals surface area (Å²) in [5.41, 5.74) is 0.603. The van der Waals surface area contributed by atoms with Gasteiger partial charge in [0.25, 0.3) is 0 Å². The van der Waals surface area contributed by atoms with Gasteiger partial charge in [-0.3, -0.25) is 5.10 Å². The molecule has 0 spiro atoms. The summed E-state index contributed by atoms with van der Waals surface area (Å²) < 4.78 is 33.5. The maximum absolute atomic E-state index is 13.6. The number of ether oxygens (including phenoxy) is 1. The van der Waals surface area contributed by atoms with Gasteiger partial charge in [0.05, 0.1) is 10.4 Å². The molecule has 166 valence electrons. The highest BCUT2D eigenvalue weighted by Crippen LogP contribution is 2.33. The van der Waals surface area contributed by atoms with Crippen LogP contribution >= 0.6 is 0 Å². The lowest BCUT2D eigenvalue weighted by molar-refractivity contribution is 0.0844. The van der Waals surface area contributed by atoms with Crippen LogP contribution < -0.4 is 4.74 Å². The number of likely N-dealkylation sites (tertiary alicyclic amines) is 1. The molecule has 0 atom stereocenters. The predicted octanol–water partition coefficient (Wildman–Crippen LogP) is 4.80. The van der Waals surface area contributed by atoms with E-state index in [-0.39, 0.29) is 16.0 Å². The Labute approximate surface area is 188 Å². The number of nitrogens with zero attached hydrogens (tertiary/aromatic N) is 2. The van der Waals surface area contributed by atoms with Gasteiger partial charge in [-0.2, -0.15) is 5.10 Å². The van der Waals surface area contributed by atoms with Crippen molar-refractivity contribution >= 4 is 31.5 Å². The maximum Gasteiger partial charge on any atom is 0.224 e. The zero-order chi connectivity index (χ0) is 22.3. The highest BCUT2D eigenvalue weighted by molar-refractivity contribution is 7.91. The van der Waals surface area contributed by atoms with E-state index in [1.165, 1.54) is 0 Å². The lowest BCUT2D eigenvalue weighted by Crippen LogP contribution is -2.41. The van der Waals surface area contributed by atoms with E-state index in [0.29, 0.717) is 28.1 Å². The largest absolute Gasteiger partial charge is 0.490 e. The van der Waals surface area contributed by atoms with E-state index in [2.05, 4.69) is 28.9 Å². The summed E-state index contributed by atoms with van der Waals surface area (Å²) in [6, 6.07) is 18.8. The Kier molecular flexibility index (Phi) is 5.39. The first-order valence-corrected chi connectivity index (χ1v) is 12.5. The third-order valence-corrected chi connectivity index (χ3v) is 8.09. The first-order chi connectivity index (χ1) is 15.4. The molecule has 4 aromatic rings. The summed E-state index contributed by atoms with van der Waals surface area (Å²) in [6.45, 7) is 6.45. The van der Waals surface area contributed by atoms with E-state index in [4.69, 9.17) is 4.74 Å². The number of aromatic nitrogens is 2. The summed E-state index contributed by atoms with van der Waals surface area (Å²) in [6.07, 6.45) is 2.05. The molecule has 3 aromatic carbocycles. The van der Waals surface area contributed by atoms with Crippen LogP contribution in [0, 0.1) is 0 Å². The highest BCUT2D eigenvalue weighted by Gasteiger charge is 2.26. The molecule has 1 aliphatic heterocycles. The Bertz CT molecular complexity index is 1360.